The Morgan fingerprint density at radius 3 is 1.18 bits per heavy atom. The van der Waals surface area contributed by atoms with Gasteiger partial charge in [0.2, 0.25) is 0 Å². The van der Waals surface area contributed by atoms with Crippen LogP contribution in [0.2, 0.25) is 19.5 Å². The predicted octanol–water partition coefficient (Wildman–Crippen LogP) is 3.94. The SMILES string of the molecule is [CH3][V]([CH]1CC1)([CH]1CC1)[CH]1CC1. The Morgan fingerprint density at radius 1 is 0.727 bits per heavy atom. The molecule has 3 fully saturated rings. The van der Waals surface area contributed by atoms with Crippen LogP contribution in [0.5, 0.6) is 0 Å². The average Bonchev–Trinajstić information content (AvgIpc) is 2.81. The standard InChI is InChI=1S/3C3H5.CH3.V/c3*1-2-3-1;;/h3*1H,2-3H2;1H3;. The first-order valence-electron chi connectivity index (χ1n) is 5.17. The van der Waals surface area contributed by atoms with E-state index in [1.165, 1.54) is 13.9 Å². The molecule has 0 aliphatic heterocycles. The van der Waals surface area contributed by atoms with Crippen LogP contribution in [-0.4, -0.2) is 0 Å². The zero-order chi connectivity index (χ0) is 7.47. The second-order valence-corrected chi connectivity index (χ2v) is 12.2. The van der Waals surface area contributed by atoms with E-state index in [-0.39, 0.29) is 0 Å². The minimum atomic E-state index is -1.00. The summed E-state index contributed by atoms with van der Waals surface area (Å²) in [7, 11) is 0. The van der Waals surface area contributed by atoms with Crippen LogP contribution in [-0.2, 0) is 14.0 Å². The van der Waals surface area contributed by atoms with E-state index in [9.17, 15) is 0 Å². The molecule has 3 saturated carbocycles. The van der Waals surface area contributed by atoms with E-state index < -0.39 is 14.0 Å². The van der Waals surface area contributed by atoms with Gasteiger partial charge in [-0.2, -0.15) is 0 Å². The van der Waals surface area contributed by atoms with Crippen molar-refractivity contribution in [2.45, 2.75) is 58.0 Å². The molecular formula is C10H18V. The summed E-state index contributed by atoms with van der Waals surface area (Å²) in [5.74, 6) is 0. The molecule has 0 aromatic heterocycles. The number of hydrogen-bond acceptors (Lipinski definition) is 0. The van der Waals surface area contributed by atoms with Gasteiger partial charge in [0.25, 0.3) is 0 Å². The van der Waals surface area contributed by atoms with Gasteiger partial charge >= 0.3 is 72.1 Å². The van der Waals surface area contributed by atoms with Crippen LogP contribution in [0.3, 0.4) is 0 Å². The molecule has 3 aliphatic carbocycles. The molecular weight excluding hydrogens is 171 g/mol. The van der Waals surface area contributed by atoms with Crippen LogP contribution in [0, 0.1) is 0 Å². The molecule has 3 rings (SSSR count). The second kappa shape index (κ2) is 2.09. The fraction of sp³-hybridized carbons (Fsp3) is 1.00. The fourth-order valence-electron chi connectivity index (χ4n) is 2.79. The molecule has 0 aromatic carbocycles. The molecule has 0 atom stereocenters. The van der Waals surface area contributed by atoms with Crippen molar-refractivity contribution < 1.29 is 14.0 Å². The first-order valence-corrected chi connectivity index (χ1v) is 8.99. The maximum absolute atomic E-state index is 2.77. The molecule has 0 N–H and O–H groups in total. The van der Waals surface area contributed by atoms with Crippen molar-refractivity contribution in [2.24, 2.45) is 0 Å². The molecule has 0 radical (unpaired) electrons. The summed E-state index contributed by atoms with van der Waals surface area (Å²) in [5, 5.41) is 0. The molecule has 63 valence electrons. The summed E-state index contributed by atoms with van der Waals surface area (Å²) >= 11 is -1.00. The van der Waals surface area contributed by atoms with E-state index in [1.54, 1.807) is 38.5 Å². The van der Waals surface area contributed by atoms with Gasteiger partial charge in [-0.15, -0.1) is 0 Å². The van der Waals surface area contributed by atoms with Gasteiger partial charge in [-0.25, -0.2) is 0 Å². The summed E-state index contributed by atoms with van der Waals surface area (Å²) in [6.07, 6.45) is 9.81. The van der Waals surface area contributed by atoms with Gasteiger partial charge in [0.05, 0.1) is 0 Å². The third-order valence-corrected chi connectivity index (χ3v) is 13.8. The monoisotopic (exact) mass is 189 g/mol. The molecule has 0 nitrogen and oxygen atoms in total. The van der Waals surface area contributed by atoms with E-state index in [0.717, 1.165) is 0 Å². The van der Waals surface area contributed by atoms with Gasteiger partial charge < -0.3 is 0 Å². The van der Waals surface area contributed by atoms with Gasteiger partial charge in [-0.1, -0.05) is 0 Å². The van der Waals surface area contributed by atoms with Crippen LogP contribution in [0.15, 0.2) is 0 Å². The van der Waals surface area contributed by atoms with Crippen LogP contribution >= 0.6 is 0 Å². The first-order chi connectivity index (χ1) is 5.32. The van der Waals surface area contributed by atoms with E-state index in [1.807, 2.05) is 0 Å². The zero-order valence-corrected chi connectivity index (χ0v) is 8.82. The molecule has 0 unspecified atom stereocenters. The summed E-state index contributed by atoms with van der Waals surface area (Å²) < 4.78 is 3.98. The second-order valence-electron chi connectivity index (χ2n) is 4.92. The van der Waals surface area contributed by atoms with E-state index in [2.05, 4.69) is 5.64 Å². The van der Waals surface area contributed by atoms with Gasteiger partial charge in [-0.05, 0) is 0 Å². The maximum atomic E-state index is 2.77. The van der Waals surface area contributed by atoms with Gasteiger partial charge in [0.15, 0.2) is 0 Å². The molecule has 11 heavy (non-hydrogen) atoms. The molecule has 0 saturated heterocycles. The van der Waals surface area contributed by atoms with Crippen LogP contribution in [0.1, 0.15) is 38.5 Å². The van der Waals surface area contributed by atoms with Crippen molar-refractivity contribution in [1.29, 1.82) is 0 Å². The molecule has 0 heterocycles. The van der Waals surface area contributed by atoms with Crippen molar-refractivity contribution in [3.05, 3.63) is 0 Å². The van der Waals surface area contributed by atoms with Gasteiger partial charge in [0, 0.05) is 0 Å². The normalized spacial score (nSPS) is 32.5. The molecule has 0 amide bonds. The quantitative estimate of drug-likeness (QED) is 0.630. The number of hydrogen-bond donors (Lipinski definition) is 0. The Hall–Kier alpha value is 0.584. The van der Waals surface area contributed by atoms with Crippen LogP contribution in [0.4, 0.5) is 0 Å². The summed E-state index contributed by atoms with van der Waals surface area (Å²) in [6, 6.07) is 0. The van der Waals surface area contributed by atoms with Crippen molar-refractivity contribution >= 4 is 0 Å². The summed E-state index contributed by atoms with van der Waals surface area (Å²) in [6.45, 7) is 0. The third-order valence-electron chi connectivity index (χ3n) is 4.00. The van der Waals surface area contributed by atoms with Crippen molar-refractivity contribution in [3.8, 4) is 0 Å². The van der Waals surface area contributed by atoms with Crippen molar-refractivity contribution in [2.75, 3.05) is 0 Å². The molecule has 0 spiro atoms. The third kappa shape index (κ3) is 1.03. The Balaban J connectivity index is 1.82. The predicted molar refractivity (Wildman–Crippen MR) is 44.8 cm³/mol. The minimum absolute atomic E-state index is 1.00. The summed E-state index contributed by atoms with van der Waals surface area (Å²) in [5.41, 5.74) is 2.77. The van der Waals surface area contributed by atoms with E-state index in [0.29, 0.717) is 0 Å². The Kier molecular flexibility index (Phi) is 1.33. The average molecular weight is 189 g/mol. The fourth-order valence-corrected chi connectivity index (χ4v) is 11.5. The number of rotatable bonds is 3. The first kappa shape index (κ1) is 7.03. The van der Waals surface area contributed by atoms with Gasteiger partial charge in [0.1, 0.15) is 0 Å². The van der Waals surface area contributed by atoms with Gasteiger partial charge in [-0.3, -0.25) is 0 Å². The molecule has 3 aliphatic rings. The molecule has 0 aromatic rings. The Labute approximate surface area is 72.3 Å². The topological polar surface area (TPSA) is 0 Å². The van der Waals surface area contributed by atoms with Crippen molar-refractivity contribution in [3.63, 3.8) is 0 Å². The molecule has 1 heteroatoms. The molecule has 0 bridgehead atoms. The van der Waals surface area contributed by atoms with E-state index in [4.69, 9.17) is 0 Å². The van der Waals surface area contributed by atoms with Crippen molar-refractivity contribution in [1.82, 2.24) is 0 Å². The Morgan fingerprint density at radius 2 is 1.00 bits per heavy atom. The zero-order valence-electron chi connectivity index (χ0n) is 7.42. The van der Waals surface area contributed by atoms with Crippen LogP contribution < -0.4 is 0 Å². The van der Waals surface area contributed by atoms with Crippen LogP contribution in [0.25, 0.3) is 0 Å². The summed E-state index contributed by atoms with van der Waals surface area (Å²) in [4.78, 5) is 0. The Bertz CT molecular complexity index is 144. The van der Waals surface area contributed by atoms with E-state index >= 15 is 0 Å².